The Morgan fingerprint density at radius 2 is 0.841 bits per heavy atom. The number of hydrogen-bond donors (Lipinski definition) is 8. The lowest BCUT2D eigenvalue weighted by Crippen LogP contribution is -2.59. The Bertz CT molecular complexity index is 2800. The molecule has 0 aromatic heterocycles. The van der Waals surface area contributed by atoms with E-state index in [2.05, 4.69) is 54.7 Å². The average molecular weight is 1120 g/mol. The van der Waals surface area contributed by atoms with Gasteiger partial charge in [0.25, 0.3) is 11.8 Å². The molecule has 1 unspecified atom stereocenters. The molecule has 2 heterocycles. The van der Waals surface area contributed by atoms with Crippen LogP contribution >= 0.6 is 0 Å². The maximum Gasteiger partial charge on any atom is 0.251 e. The number of likely N-dealkylation sites (tertiary alicyclic amines) is 2. The van der Waals surface area contributed by atoms with E-state index in [-0.39, 0.29) is 73.5 Å². The first-order valence-electron chi connectivity index (χ1n) is 29.1. The first kappa shape index (κ1) is 60.7. The van der Waals surface area contributed by atoms with Gasteiger partial charge in [0, 0.05) is 36.3 Å². The summed E-state index contributed by atoms with van der Waals surface area (Å²) in [5, 5.41) is 24.4. The molecule has 0 saturated carbocycles. The van der Waals surface area contributed by atoms with E-state index in [9.17, 15) is 38.4 Å². The highest BCUT2D eigenvalue weighted by Gasteiger charge is 2.48. The van der Waals surface area contributed by atoms with Gasteiger partial charge in [-0.2, -0.15) is 0 Å². The largest absolute Gasteiger partial charge is 0.347 e. The van der Waals surface area contributed by atoms with Crippen molar-refractivity contribution in [3.8, 4) is 11.1 Å². The summed E-state index contributed by atoms with van der Waals surface area (Å²) in [6.07, 6.45) is 5.51. The summed E-state index contributed by atoms with van der Waals surface area (Å²) >= 11 is 0. The minimum absolute atomic E-state index is 0.0583. The molecular formula is C64H84N10O8. The fourth-order valence-electron chi connectivity index (χ4n) is 11.8. The number of likely N-dealkylation sites (N-methyl/N-ethyl adjacent to an activating group) is 2. The molecule has 4 aromatic carbocycles. The van der Waals surface area contributed by atoms with Crippen LogP contribution in [0, 0.1) is 10.8 Å². The molecule has 438 valence electrons. The Morgan fingerprint density at radius 3 is 1.18 bits per heavy atom. The first-order chi connectivity index (χ1) is 38.9. The van der Waals surface area contributed by atoms with Gasteiger partial charge in [0.1, 0.15) is 24.2 Å². The monoisotopic (exact) mass is 1120 g/mol. The summed E-state index contributed by atoms with van der Waals surface area (Å²) in [4.78, 5) is 115. The molecule has 8 N–H and O–H groups in total. The summed E-state index contributed by atoms with van der Waals surface area (Å²) in [6.45, 7) is 14.7. The standard InChI is InChI=1S/C64H84N10O8/c1-37(65-9)55(75)71-53(63(3,4)5)61(81)73-35-45(33-51(73)59(79)69-49-23-15-19-41-17-11-13-21-47(41)49)67-57(77)43-29-25-39(26-30-43)40-27-31-44(32-28-40)58(78)68-46-34-52(60(80)70-50-24-16-20-42-18-12-14-22-48(42)50)74(36-46)62(82)54(64(6,7)8)72-56(76)38(2)66-10/h11-14,17-18,21-22,25-32,37-38,45-46,49-54,65-66H,15-16,19-20,23-24,33-36H2,1-10H3,(H,67,77)(H,68,78)(H,69,79)(H,70,80)(H,71,75)(H,72,76)/t37-,38-,45-,46-,49+,50+,51-,52?,53-,54-/m0/s1. The molecule has 18 nitrogen and oxygen atoms in total. The molecular weight excluding hydrogens is 1040 g/mol. The highest BCUT2D eigenvalue weighted by atomic mass is 16.2. The maximum absolute atomic E-state index is 14.6. The van der Waals surface area contributed by atoms with E-state index in [1.807, 2.05) is 102 Å². The molecule has 2 aliphatic carbocycles. The minimum Gasteiger partial charge on any atom is -0.347 e. The molecule has 10 atom stereocenters. The topological polar surface area (TPSA) is 239 Å². The number of fused-ring (bicyclic) bond motifs is 2. The molecule has 0 bridgehead atoms. The van der Waals surface area contributed by atoms with Gasteiger partial charge in [-0.3, -0.25) is 38.4 Å². The third kappa shape index (κ3) is 14.1. The lowest BCUT2D eigenvalue weighted by atomic mass is 9.85. The number of hydrogen-bond acceptors (Lipinski definition) is 10. The SMILES string of the molecule is CN[C@@H](C)C(=O)N[C@@H](C(=O)N1C[C@@H](NC(=O)c2ccc(-c3ccc(C(=O)N[C@H]4C[C@@H](C(=O)N[C@@H]5CCCc6ccccc65)N(C(=O)[C@H](NC(=O)[C@H](C)NC)C(C)(C)C)C4)cc3)cc2)CC1C(=O)N[C@@H]1CCCc2ccccc21)C(C)(C)C. The molecule has 4 aliphatic rings. The number of benzene rings is 4. The average Bonchev–Trinajstić information content (AvgIpc) is 4.28. The quantitative estimate of drug-likeness (QED) is 0.0669. The van der Waals surface area contributed by atoms with Crippen molar-refractivity contribution in [3.63, 3.8) is 0 Å². The number of amides is 8. The maximum atomic E-state index is 14.6. The molecule has 82 heavy (non-hydrogen) atoms. The van der Waals surface area contributed by atoms with Gasteiger partial charge in [-0.25, -0.2) is 0 Å². The van der Waals surface area contributed by atoms with Crippen LogP contribution in [0.5, 0.6) is 0 Å². The van der Waals surface area contributed by atoms with E-state index in [1.54, 1.807) is 52.2 Å². The van der Waals surface area contributed by atoms with Crippen LogP contribution in [0.25, 0.3) is 11.1 Å². The molecule has 0 radical (unpaired) electrons. The van der Waals surface area contributed by atoms with Crippen LogP contribution in [0.2, 0.25) is 0 Å². The van der Waals surface area contributed by atoms with E-state index in [1.165, 1.54) is 20.9 Å². The van der Waals surface area contributed by atoms with Crippen molar-refractivity contribution in [2.45, 2.75) is 167 Å². The number of carbonyl (C=O) groups excluding carboxylic acids is 8. The third-order valence-corrected chi connectivity index (χ3v) is 16.9. The van der Waals surface area contributed by atoms with Crippen LogP contribution in [0.3, 0.4) is 0 Å². The normalized spacial score (nSPS) is 22.0. The van der Waals surface area contributed by atoms with Gasteiger partial charge >= 0.3 is 0 Å². The van der Waals surface area contributed by atoms with Crippen molar-refractivity contribution in [3.05, 3.63) is 130 Å². The Labute approximate surface area is 482 Å². The van der Waals surface area contributed by atoms with E-state index >= 15 is 0 Å². The minimum atomic E-state index is -0.956. The molecule has 4 aromatic rings. The third-order valence-electron chi connectivity index (χ3n) is 16.9. The summed E-state index contributed by atoms with van der Waals surface area (Å²) in [5.74, 6) is -2.90. The summed E-state index contributed by atoms with van der Waals surface area (Å²) < 4.78 is 0. The number of aryl methyl sites for hydroxylation is 2. The van der Waals surface area contributed by atoms with Crippen molar-refractivity contribution in [1.82, 2.24) is 52.3 Å². The lowest BCUT2D eigenvalue weighted by Gasteiger charge is -2.36. The molecule has 2 saturated heterocycles. The van der Waals surface area contributed by atoms with Crippen LogP contribution < -0.4 is 42.5 Å². The molecule has 8 rings (SSSR count). The van der Waals surface area contributed by atoms with Gasteiger partial charge in [0.2, 0.25) is 35.4 Å². The van der Waals surface area contributed by atoms with E-state index in [0.717, 1.165) is 60.8 Å². The second kappa shape index (κ2) is 25.8. The van der Waals surface area contributed by atoms with Gasteiger partial charge in [0.15, 0.2) is 0 Å². The Hall–Kier alpha value is -7.44. The lowest BCUT2D eigenvalue weighted by molar-refractivity contribution is -0.144. The number of rotatable bonds is 17. The van der Waals surface area contributed by atoms with E-state index < -0.39 is 71.0 Å². The van der Waals surface area contributed by atoms with Gasteiger partial charge in [-0.1, -0.05) is 114 Å². The fraction of sp³-hybridized carbons (Fsp3) is 0.500. The van der Waals surface area contributed by atoms with Gasteiger partial charge < -0.3 is 52.3 Å². The van der Waals surface area contributed by atoms with Crippen molar-refractivity contribution < 1.29 is 38.4 Å². The van der Waals surface area contributed by atoms with Crippen LogP contribution in [-0.4, -0.2) is 133 Å². The Kier molecular flexibility index (Phi) is 19.1. The van der Waals surface area contributed by atoms with Gasteiger partial charge in [-0.05, 0) is 148 Å². The summed E-state index contributed by atoms with van der Waals surface area (Å²) in [6, 6.07) is 23.7. The van der Waals surface area contributed by atoms with Crippen molar-refractivity contribution in [1.29, 1.82) is 0 Å². The highest BCUT2D eigenvalue weighted by Crippen LogP contribution is 2.34. The van der Waals surface area contributed by atoms with Crippen LogP contribution in [0.1, 0.15) is 149 Å². The van der Waals surface area contributed by atoms with Crippen LogP contribution in [-0.2, 0) is 41.6 Å². The molecule has 0 spiro atoms. The Morgan fingerprint density at radius 1 is 0.488 bits per heavy atom. The van der Waals surface area contributed by atoms with E-state index in [4.69, 9.17) is 0 Å². The zero-order valence-corrected chi connectivity index (χ0v) is 49.2. The first-order valence-corrected chi connectivity index (χ1v) is 29.1. The molecule has 2 aliphatic heterocycles. The second-order valence-corrected chi connectivity index (χ2v) is 24.9. The van der Waals surface area contributed by atoms with Crippen molar-refractivity contribution in [2.75, 3.05) is 27.2 Å². The molecule has 8 amide bonds. The highest BCUT2D eigenvalue weighted by molar-refractivity contribution is 5.98. The zero-order valence-electron chi connectivity index (χ0n) is 49.2. The summed E-state index contributed by atoms with van der Waals surface area (Å²) in [5.41, 5.74) is 5.37. The molecule has 2 fully saturated rings. The van der Waals surface area contributed by atoms with E-state index in [0.29, 0.717) is 11.1 Å². The van der Waals surface area contributed by atoms with Gasteiger partial charge in [0.05, 0.1) is 24.2 Å². The van der Waals surface area contributed by atoms with Crippen LogP contribution in [0.15, 0.2) is 97.1 Å². The second-order valence-electron chi connectivity index (χ2n) is 24.9. The summed E-state index contributed by atoms with van der Waals surface area (Å²) in [7, 11) is 3.33. The molecule has 18 heteroatoms. The zero-order chi connectivity index (χ0) is 59.2. The Balaban J connectivity index is 0.937. The van der Waals surface area contributed by atoms with Crippen molar-refractivity contribution >= 4 is 47.3 Å². The number of carbonyl (C=O) groups is 8. The van der Waals surface area contributed by atoms with Crippen LogP contribution in [0.4, 0.5) is 0 Å². The van der Waals surface area contributed by atoms with Crippen molar-refractivity contribution in [2.24, 2.45) is 10.8 Å². The predicted octanol–water partition coefficient (Wildman–Crippen LogP) is 5.42. The smallest absolute Gasteiger partial charge is 0.251 e. The van der Waals surface area contributed by atoms with Gasteiger partial charge in [-0.15, -0.1) is 0 Å². The fourth-order valence-corrected chi connectivity index (χ4v) is 11.8. The number of nitrogens with one attached hydrogen (secondary N) is 8. The predicted molar refractivity (Wildman–Crippen MR) is 315 cm³/mol. The number of nitrogens with zero attached hydrogens (tertiary/aromatic N) is 2.